The Morgan fingerprint density at radius 1 is 1.03 bits per heavy atom. The molecule has 0 radical (unpaired) electrons. The Bertz CT molecular complexity index is 876. The van der Waals surface area contributed by atoms with E-state index >= 15 is 0 Å². The van der Waals surface area contributed by atoms with E-state index in [4.69, 9.17) is 9.47 Å². The van der Waals surface area contributed by atoms with Crippen LogP contribution >= 0.6 is 0 Å². The molecule has 1 N–H and O–H groups in total. The van der Waals surface area contributed by atoms with Crippen molar-refractivity contribution in [3.05, 3.63) is 39.7 Å². The van der Waals surface area contributed by atoms with Gasteiger partial charge in [-0.3, -0.25) is 0 Å². The molecule has 0 bridgehead atoms. The van der Waals surface area contributed by atoms with Crippen LogP contribution in [0.3, 0.4) is 0 Å². The third-order valence-corrected chi connectivity index (χ3v) is 23.0. The molecule has 192 valence electrons. The van der Waals surface area contributed by atoms with Crippen LogP contribution in [0, 0.1) is 6.92 Å². The average Bonchev–Trinajstić information content (AvgIpc) is 3.04. The summed E-state index contributed by atoms with van der Waals surface area (Å²) in [4.78, 5) is 12.6. The zero-order valence-corrected chi connectivity index (χ0v) is 25.1. The monoisotopic (exact) mass is 601 g/mol. The van der Waals surface area contributed by atoms with Crippen LogP contribution in [0.5, 0.6) is 0 Å². The first-order chi connectivity index (χ1) is 16.3. The van der Waals surface area contributed by atoms with Crippen molar-refractivity contribution >= 4 is 34.5 Å². The predicted octanol–water partition coefficient (Wildman–Crippen LogP) is 7.21. The number of benzene rings is 1. The molecule has 1 aliphatic heterocycles. The van der Waals surface area contributed by atoms with Gasteiger partial charge in [0.15, 0.2) is 0 Å². The normalized spacial score (nSPS) is 16.8. The Balaban J connectivity index is 2.15. The molecule has 0 spiro atoms. The van der Waals surface area contributed by atoms with Gasteiger partial charge in [-0.2, -0.15) is 0 Å². The number of rotatable bonds is 13. The molecule has 6 nitrogen and oxygen atoms in total. The number of carbonyl (C=O) groups excluding carboxylic acids is 1. The fourth-order valence-electron chi connectivity index (χ4n) is 4.51. The fourth-order valence-corrected chi connectivity index (χ4v) is 21.2. The molecule has 8 heteroatoms. The van der Waals surface area contributed by atoms with Gasteiger partial charge in [0.25, 0.3) is 0 Å². The van der Waals surface area contributed by atoms with Gasteiger partial charge < -0.3 is 0 Å². The van der Waals surface area contributed by atoms with Gasteiger partial charge in [0.2, 0.25) is 0 Å². The molecule has 1 heterocycles. The molecule has 1 aliphatic rings. The van der Waals surface area contributed by atoms with Gasteiger partial charge in [0.05, 0.1) is 0 Å². The molecule has 0 saturated heterocycles. The Labute approximate surface area is 210 Å². The first-order valence-electron chi connectivity index (χ1n) is 12.9. The number of hydrogen-bond donors (Lipinski definition) is 1. The van der Waals surface area contributed by atoms with E-state index < -0.39 is 40.8 Å². The number of carbonyl (C=O) groups is 1. The van der Waals surface area contributed by atoms with Crippen molar-refractivity contribution in [2.24, 2.45) is 0 Å². The number of unbranched alkanes of at least 4 members (excludes halogenated alkanes) is 3. The molecule has 0 aromatic heterocycles. The Morgan fingerprint density at radius 3 is 2.12 bits per heavy atom. The maximum absolute atomic E-state index is 12.6. The molecule has 1 aromatic rings. The van der Waals surface area contributed by atoms with E-state index in [1.807, 2.05) is 11.6 Å². The molecule has 0 saturated carbocycles. The van der Waals surface area contributed by atoms with E-state index in [0.29, 0.717) is 6.42 Å². The summed E-state index contributed by atoms with van der Waals surface area (Å²) in [5.74, 6) is 0. The van der Waals surface area contributed by atoms with Gasteiger partial charge in [0.1, 0.15) is 0 Å². The van der Waals surface area contributed by atoms with Crippen molar-refractivity contribution in [2.45, 2.75) is 110 Å². The number of amides is 1. The summed E-state index contributed by atoms with van der Waals surface area (Å²) in [7, 11) is -4.00. The van der Waals surface area contributed by atoms with Crippen molar-refractivity contribution in [1.29, 1.82) is 0 Å². The number of nitrogens with one attached hydrogen (secondary N) is 1. The van der Waals surface area contributed by atoms with Crippen LogP contribution in [0.2, 0.25) is 13.3 Å². The summed E-state index contributed by atoms with van der Waals surface area (Å²) >= 11 is -2.81. The molecule has 1 atom stereocenters. The third-order valence-electron chi connectivity index (χ3n) is 6.57. The Morgan fingerprint density at radius 2 is 1.59 bits per heavy atom. The third kappa shape index (κ3) is 8.77. The number of ether oxygens (including phenoxy) is 2. The van der Waals surface area contributed by atoms with Crippen LogP contribution in [0.25, 0.3) is 0 Å². The zero-order valence-electron chi connectivity index (χ0n) is 21.4. The van der Waals surface area contributed by atoms with Crippen LogP contribution in [0.1, 0.15) is 84.1 Å². The quantitative estimate of drug-likeness (QED) is 0.242. The van der Waals surface area contributed by atoms with Crippen molar-refractivity contribution in [1.82, 2.24) is 4.72 Å². The van der Waals surface area contributed by atoms with E-state index in [1.165, 1.54) is 64.0 Å². The summed E-state index contributed by atoms with van der Waals surface area (Å²) < 4.78 is 44.1. The first-order valence-corrected chi connectivity index (χ1v) is 21.9. The second-order valence-corrected chi connectivity index (χ2v) is 24.1. The van der Waals surface area contributed by atoms with Crippen LogP contribution < -0.4 is 4.72 Å². The number of aryl methyl sites for hydroxylation is 1. The number of hydrogen-bond acceptors (Lipinski definition) is 5. The molecule has 0 aliphatic carbocycles. The topological polar surface area (TPSA) is 81.7 Å². The Hall–Kier alpha value is -1.22. The molecule has 2 rings (SSSR count). The van der Waals surface area contributed by atoms with Gasteiger partial charge in [-0.1, -0.05) is 0 Å². The van der Waals surface area contributed by atoms with Crippen LogP contribution in [0.15, 0.2) is 39.0 Å². The van der Waals surface area contributed by atoms with Crippen molar-refractivity contribution in [2.75, 3.05) is 0 Å². The van der Waals surface area contributed by atoms with Crippen LogP contribution in [-0.4, -0.2) is 39.2 Å². The van der Waals surface area contributed by atoms with E-state index in [0.717, 1.165) is 22.2 Å². The minimum absolute atomic E-state index is 0.0336. The van der Waals surface area contributed by atoms with E-state index in [2.05, 4.69) is 26.8 Å². The first kappa shape index (κ1) is 29.0. The zero-order chi connectivity index (χ0) is 25.0. The molecule has 1 unspecified atom stereocenters. The molecule has 34 heavy (non-hydrogen) atoms. The van der Waals surface area contributed by atoms with Crippen molar-refractivity contribution < 1.29 is 22.7 Å². The summed E-state index contributed by atoms with van der Waals surface area (Å²) in [6.45, 7) is 8.59. The minimum atomic E-state index is -4.00. The summed E-state index contributed by atoms with van der Waals surface area (Å²) in [5.41, 5.74) is 0.941. The maximum atomic E-state index is 12.6. The van der Waals surface area contributed by atoms with Gasteiger partial charge in [-0.25, -0.2) is 0 Å². The standard InChI is InChI=1S/C14H16NO5S.3C4H9.Sn/c1-11-6-8-12(9-7-11)21(17,18)15-14(16)20-13-5-3-2-4-10-19-13;3*1-3-4-2;/h4,6-9,13H,2-3,5H2,1H3,(H,15,16);3*1,3-4H2,2H3;. The van der Waals surface area contributed by atoms with Gasteiger partial charge in [0, 0.05) is 0 Å². The van der Waals surface area contributed by atoms with Gasteiger partial charge in [-0.05, 0) is 0 Å². The molecular formula is C26H43NO5SSn. The molecule has 1 amide bonds. The van der Waals surface area contributed by atoms with Crippen LogP contribution in [0.4, 0.5) is 4.79 Å². The second-order valence-electron chi connectivity index (χ2n) is 9.46. The van der Waals surface area contributed by atoms with Gasteiger partial charge >= 0.3 is 212 Å². The van der Waals surface area contributed by atoms with E-state index in [-0.39, 0.29) is 4.90 Å². The predicted molar refractivity (Wildman–Crippen MR) is 140 cm³/mol. The SMILES string of the molecule is CCC[CH2][Sn]([CH2]CCC)([CH2]CCC)[C]1=CCCCC(OC(=O)NS(=O)(=O)c2ccc(C)cc2)O1. The van der Waals surface area contributed by atoms with Crippen LogP contribution in [-0.2, 0) is 19.5 Å². The average molecular weight is 600 g/mol. The summed E-state index contributed by atoms with van der Waals surface area (Å²) in [5, 5.41) is 0. The van der Waals surface area contributed by atoms with Gasteiger partial charge in [-0.15, -0.1) is 0 Å². The Kier molecular flexibility index (Phi) is 12.3. The van der Waals surface area contributed by atoms with Crippen molar-refractivity contribution in [3.8, 4) is 0 Å². The fraction of sp³-hybridized carbons (Fsp3) is 0.654. The number of allylic oxidation sites excluding steroid dienone is 1. The molecule has 1 aromatic carbocycles. The number of sulfonamides is 1. The van der Waals surface area contributed by atoms with E-state index in [9.17, 15) is 13.2 Å². The molecule has 0 fully saturated rings. The summed E-state index contributed by atoms with van der Waals surface area (Å²) in [6, 6.07) is 6.35. The second kappa shape index (κ2) is 14.4. The van der Waals surface area contributed by atoms with E-state index in [1.54, 1.807) is 12.1 Å². The molecular weight excluding hydrogens is 557 g/mol. The summed E-state index contributed by atoms with van der Waals surface area (Å²) in [6.07, 6.45) is 10.0. The van der Waals surface area contributed by atoms with Crippen molar-refractivity contribution in [3.63, 3.8) is 0 Å².